The van der Waals surface area contributed by atoms with Crippen LogP contribution in [-0.2, 0) is 7.05 Å². The molecule has 30 heavy (non-hydrogen) atoms. The number of benzene rings is 1. The highest BCUT2D eigenvalue weighted by molar-refractivity contribution is 6.06. The molecule has 1 aliphatic heterocycles. The van der Waals surface area contributed by atoms with Gasteiger partial charge in [-0.2, -0.15) is 5.10 Å². The molecule has 1 aromatic carbocycles. The van der Waals surface area contributed by atoms with Gasteiger partial charge >= 0.3 is 0 Å². The molecule has 0 radical (unpaired) electrons. The second kappa shape index (κ2) is 6.91. The van der Waals surface area contributed by atoms with E-state index in [0.717, 1.165) is 36.0 Å². The number of hydrogen-bond acceptors (Lipinski definition) is 4. The highest BCUT2D eigenvalue weighted by atomic mass is 19.1. The third-order valence-electron chi connectivity index (χ3n) is 6.04. The van der Waals surface area contributed by atoms with E-state index in [1.165, 1.54) is 6.20 Å². The summed E-state index contributed by atoms with van der Waals surface area (Å²) in [5.41, 5.74) is 3.54. The van der Waals surface area contributed by atoms with Crippen LogP contribution in [0.25, 0.3) is 21.8 Å². The maximum absolute atomic E-state index is 14.9. The Morgan fingerprint density at radius 3 is 2.87 bits per heavy atom. The summed E-state index contributed by atoms with van der Waals surface area (Å²) in [6.07, 6.45) is 3.45. The van der Waals surface area contributed by atoms with Crippen LogP contribution >= 0.6 is 0 Å². The van der Waals surface area contributed by atoms with Gasteiger partial charge in [0.2, 0.25) is 0 Å². The van der Waals surface area contributed by atoms with Gasteiger partial charge in [0.15, 0.2) is 5.82 Å². The molecule has 3 aromatic heterocycles. The highest BCUT2D eigenvalue weighted by Gasteiger charge is 2.28. The van der Waals surface area contributed by atoms with Crippen molar-refractivity contribution in [2.45, 2.75) is 25.8 Å². The molecule has 4 aromatic rings. The van der Waals surface area contributed by atoms with Crippen molar-refractivity contribution in [1.29, 1.82) is 0 Å². The molecule has 1 aliphatic rings. The van der Waals surface area contributed by atoms with Crippen LogP contribution in [0.4, 0.5) is 10.2 Å². The fraction of sp³-hybridized carbons (Fsp3) is 0.318. The average molecular weight is 406 g/mol. The number of likely N-dealkylation sites (tertiary alicyclic amines) is 1. The second-order valence-electron chi connectivity index (χ2n) is 8.00. The topological polar surface area (TPSA) is 78.8 Å². The fourth-order valence-corrected chi connectivity index (χ4v) is 4.42. The van der Waals surface area contributed by atoms with E-state index in [1.54, 1.807) is 16.8 Å². The zero-order valence-electron chi connectivity index (χ0n) is 17.2. The van der Waals surface area contributed by atoms with E-state index in [9.17, 15) is 9.18 Å². The average Bonchev–Trinajstić information content (AvgIpc) is 3.37. The molecule has 1 amide bonds. The first-order valence-electron chi connectivity index (χ1n) is 10.0. The Morgan fingerprint density at radius 2 is 2.10 bits per heavy atom. The van der Waals surface area contributed by atoms with Gasteiger partial charge in [0, 0.05) is 30.3 Å². The van der Waals surface area contributed by atoms with Crippen LogP contribution in [0.3, 0.4) is 0 Å². The Morgan fingerprint density at radius 1 is 1.27 bits per heavy atom. The monoisotopic (exact) mass is 406 g/mol. The number of fused-ring (bicyclic) bond motifs is 2. The van der Waals surface area contributed by atoms with Crippen molar-refractivity contribution in [3.05, 3.63) is 53.2 Å². The normalized spacial score (nSPS) is 17.3. The van der Waals surface area contributed by atoms with Crippen LogP contribution in [-0.4, -0.2) is 44.1 Å². The van der Waals surface area contributed by atoms with Gasteiger partial charge in [-0.05, 0) is 45.5 Å². The Balaban J connectivity index is 1.44. The zero-order chi connectivity index (χ0) is 21.0. The quantitative estimate of drug-likeness (QED) is 0.541. The maximum Gasteiger partial charge on any atom is 0.256 e. The molecular weight excluding hydrogens is 383 g/mol. The minimum Gasteiger partial charge on any atom is -0.354 e. The first-order chi connectivity index (χ1) is 14.4. The molecule has 0 aliphatic carbocycles. The molecule has 0 saturated carbocycles. The standard InChI is InChI=1S/C22H23FN6O/c1-12-14-7-6-13(9-18(14)29(3)27-12)22(30)26-19-10-16-15(11-24-19)20(23)21(25-16)17-5-4-8-28(17)2/h6-7,9-11,17,25H,4-5,8H2,1-3H3,(H,24,26,30)/t17-/m1/s1. The van der Waals surface area contributed by atoms with E-state index in [2.05, 4.69) is 25.3 Å². The van der Waals surface area contributed by atoms with Gasteiger partial charge in [-0.25, -0.2) is 9.37 Å². The summed E-state index contributed by atoms with van der Waals surface area (Å²) in [7, 11) is 3.86. The third kappa shape index (κ3) is 2.95. The van der Waals surface area contributed by atoms with Gasteiger partial charge in [0.25, 0.3) is 5.91 Å². The number of pyridine rings is 1. The molecule has 0 spiro atoms. The second-order valence-corrected chi connectivity index (χ2v) is 8.00. The van der Waals surface area contributed by atoms with Crippen molar-refractivity contribution in [2.24, 2.45) is 7.05 Å². The lowest BCUT2D eigenvalue weighted by Crippen LogP contribution is -2.18. The summed E-state index contributed by atoms with van der Waals surface area (Å²) in [6.45, 7) is 2.90. The van der Waals surface area contributed by atoms with Crippen LogP contribution in [0.2, 0.25) is 0 Å². The molecule has 8 heteroatoms. The summed E-state index contributed by atoms with van der Waals surface area (Å²) >= 11 is 0. The SMILES string of the molecule is Cc1nn(C)c2cc(C(=O)Nc3cc4[nH]c([C@H]5CCCN5C)c(F)c4cn3)ccc12. The minimum atomic E-state index is -0.273. The van der Waals surface area contributed by atoms with Gasteiger partial charge in [0.1, 0.15) is 5.82 Å². The molecule has 2 N–H and O–H groups in total. The molecule has 1 fully saturated rings. The lowest BCUT2D eigenvalue weighted by atomic mass is 10.1. The van der Waals surface area contributed by atoms with E-state index in [1.807, 2.05) is 33.2 Å². The van der Waals surface area contributed by atoms with Gasteiger partial charge in [-0.15, -0.1) is 0 Å². The van der Waals surface area contributed by atoms with E-state index in [-0.39, 0.29) is 17.8 Å². The first kappa shape index (κ1) is 18.7. The number of anilines is 1. The van der Waals surface area contributed by atoms with Crippen LogP contribution in [0.1, 0.15) is 40.6 Å². The number of nitrogens with zero attached hydrogens (tertiary/aromatic N) is 4. The molecule has 1 atom stereocenters. The summed E-state index contributed by atoms with van der Waals surface area (Å²) < 4.78 is 16.7. The summed E-state index contributed by atoms with van der Waals surface area (Å²) in [6, 6.07) is 7.21. The Labute approximate surface area is 172 Å². The molecule has 154 valence electrons. The molecule has 0 unspecified atom stereocenters. The van der Waals surface area contributed by atoms with Crippen LogP contribution in [0, 0.1) is 12.7 Å². The van der Waals surface area contributed by atoms with E-state index < -0.39 is 0 Å². The number of hydrogen-bond donors (Lipinski definition) is 2. The van der Waals surface area contributed by atoms with Gasteiger partial charge in [-0.3, -0.25) is 14.4 Å². The lowest BCUT2D eigenvalue weighted by Gasteiger charge is -2.17. The lowest BCUT2D eigenvalue weighted by molar-refractivity contribution is 0.102. The Hall–Kier alpha value is -3.26. The number of halogens is 1. The van der Waals surface area contributed by atoms with Crippen molar-refractivity contribution >= 4 is 33.5 Å². The number of carbonyl (C=O) groups is 1. The van der Waals surface area contributed by atoms with Gasteiger partial charge < -0.3 is 10.3 Å². The summed E-state index contributed by atoms with van der Waals surface area (Å²) in [5, 5.41) is 8.66. The maximum atomic E-state index is 14.9. The van der Waals surface area contributed by atoms with Gasteiger partial charge in [0.05, 0.1) is 33.8 Å². The predicted octanol–water partition coefficient (Wildman–Crippen LogP) is 3.92. The molecule has 0 bridgehead atoms. The minimum absolute atomic E-state index is 0.0459. The third-order valence-corrected chi connectivity index (χ3v) is 6.04. The summed E-state index contributed by atoms with van der Waals surface area (Å²) in [5.74, 6) is -0.155. The number of aryl methyl sites for hydroxylation is 2. The number of amides is 1. The number of rotatable bonds is 3. The van der Waals surface area contributed by atoms with Crippen LogP contribution in [0.5, 0.6) is 0 Å². The summed E-state index contributed by atoms with van der Waals surface area (Å²) in [4.78, 5) is 22.4. The van der Waals surface area contributed by atoms with Gasteiger partial charge in [-0.1, -0.05) is 6.07 Å². The van der Waals surface area contributed by atoms with Crippen LogP contribution < -0.4 is 5.32 Å². The van der Waals surface area contributed by atoms with Crippen molar-refractivity contribution in [2.75, 3.05) is 18.9 Å². The molecule has 7 nitrogen and oxygen atoms in total. The number of H-pyrrole nitrogens is 1. The molecular formula is C22H23FN6O. The molecule has 1 saturated heterocycles. The van der Waals surface area contributed by atoms with Crippen LogP contribution in [0.15, 0.2) is 30.5 Å². The molecule has 4 heterocycles. The van der Waals surface area contributed by atoms with Crippen molar-refractivity contribution in [1.82, 2.24) is 24.6 Å². The smallest absolute Gasteiger partial charge is 0.256 e. The highest BCUT2D eigenvalue weighted by Crippen LogP contribution is 2.34. The fourth-order valence-electron chi connectivity index (χ4n) is 4.42. The van der Waals surface area contributed by atoms with Crippen molar-refractivity contribution < 1.29 is 9.18 Å². The van der Waals surface area contributed by atoms with E-state index in [0.29, 0.717) is 28.0 Å². The predicted molar refractivity (Wildman–Crippen MR) is 114 cm³/mol. The number of aromatic nitrogens is 4. The Bertz CT molecular complexity index is 1290. The van der Waals surface area contributed by atoms with Crippen molar-refractivity contribution in [3.63, 3.8) is 0 Å². The largest absolute Gasteiger partial charge is 0.354 e. The van der Waals surface area contributed by atoms with E-state index >= 15 is 0 Å². The van der Waals surface area contributed by atoms with E-state index in [4.69, 9.17) is 0 Å². The zero-order valence-corrected chi connectivity index (χ0v) is 17.2. The molecule has 5 rings (SSSR count). The number of aromatic amines is 1. The Kier molecular flexibility index (Phi) is 4.32. The van der Waals surface area contributed by atoms with Crippen molar-refractivity contribution in [3.8, 4) is 0 Å². The number of carbonyl (C=O) groups excluding carboxylic acids is 1. The number of nitrogens with one attached hydrogen (secondary N) is 2. The first-order valence-corrected chi connectivity index (χ1v) is 10.0.